The second-order valence-electron chi connectivity index (χ2n) is 5.98. The van der Waals surface area contributed by atoms with E-state index in [2.05, 4.69) is 10.2 Å². The molecular weight excluding hydrogens is 395 g/mol. The van der Waals surface area contributed by atoms with Crippen LogP contribution in [0.3, 0.4) is 0 Å². The maximum Gasteiger partial charge on any atom is 0.417 e. The fourth-order valence-corrected chi connectivity index (χ4v) is 3.15. The molecule has 1 atom stereocenters. The van der Waals surface area contributed by atoms with Gasteiger partial charge in [-0.2, -0.15) is 13.2 Å². The maximum absolute atomic E-state index is 12.9. The van der Waals surface area contributed by atoms with Crippen LogP contribution in [0.5, 0.6) is 5.75 Å². The van der Waals surface area contributed by atoms with Crippen molar-refractivity contribution >= 4 is 23.2 Å². The van der Waals surface area contributed by atoms with Gasteiger partial charge in [-0.15, -0.1) is 10.2 Å². The molecular formula is C18H16F3N3O3S. The first-order valence-electron chi connectivity index (χ1n) is 8.20. The van der Waals surface area contributed by atoms with Crippen molar-refractivity contribution in [1.29, 1.82) is 0 Å². The van der Waals surface area contributed by atoms with Gasteiger partial charge in [0.1, 0.15) is 12.4 Å². The minimum Gasteiger partial charge on any atom is -0.491 e. The van der Waals surface area contributed by atoms with Crippen molar-refractivity contribution in [3.05, 3.63) is 53.7 Å². The zero-order chi connectivity index (χ0) is 20.3. The van der Waals surface area contributed by atoms with Crippen molar-refractivity contribution < 1.29 is 27.8 Å². The molecule has 3 rings (SSSR count). The molecule has 1 unspecified atom stereocenters. The molecule has 148 valence electrons. The fraction of sp³-hybridized carbons (Fsp3) is 0.278. The number of aliphatic hydroxyl groups excluding tert-OH is 1. The highest BCUT2D eigenvalue weighted by molar-refractivity contribution is 7.99. The Bertz CT molecular complexity index is 974. The molecule has 6 nitrogen and oxygen atoms in total. The Balaban J connectivity index is 1.58. The summed E-state index contributed by atoms with van der Waals surface area (Å²) in [6.07, 6.45) is -4.42. The molecule has 0 saturated carbocycles. The number of rotatable bonds is 7. The largest absolute Gasteiger partial charge is 0.491 e. The van der Waals surface area contributed by atoms with E-state index in [-0.39, 0.29) is 28.9 Å². The minimum absolute atomic E-state index is 0.0169. The second-order valence-corrected chi connectivity index (χ2v) is 6.97. The van der Waals surface area contributed by atoms with Crippen LogP contribution in [-0.4, -0.2) is 44.0 Å². The summed E-state index contributed by atoms with van der Waals surface area (Å²) in [6.45, 7) is 1.44. The van der Waals surface area contributed by atoms with Crippen LogP contribution in [-0.2, 0) is 6.18 Å². The van der Waals surface area contributed by atoms with Crippen LogP contribution >= 0.6 is 11.8 Å². The number of benzene rings is 1. The van der Waals surface area contributed by atoms with E-state index in [0.29, 0.717) is 11.3 Å². The van der Waals surface area contributed by atoms with Crippen LogP contribution in [0.4, 0.5) is 13.2 Å². The SMILES string of the molecule is CC(=O)c1ccc(OCC(O)CSc2nnc3ccc(C(F)(F)F)cn23)cc1. The summed E-state index contributed by atoms with van der Waals surface area (Å²) in [7, 11) is 0. The van der Waals surface area contributed by atoms with Crippen LogP contribution in [0.15, 0.2) is 47.8 Å². The number of aliphatic hydroxyl groups is 1. The number of carbonyl (C=O) groups excluding carboxylic acids is 1. The molecule has 1 aromatic carbocycles. The van der Waals surface area contributed by atoms with Crippen molar-refractivity contribution in [1.82, 2.24) is 14.6 Å². The number of halogens is 3. The van der Waals surface area contributed by atoms with Crippen molar-refractivity contribution in [2.45, 2.75) is 24.4 Å². The predicted molar refractivity (Wildman–Crippen MR) is 96.7 cm³/mol. The lowest BCUT2D eigenvalue weighted by Gasteiger charge is -2.12. The van der Waals surface area contributed by atoms with Gasteiger partial charge in [0, 0.05) is 17.5 Å². The average molecular weight is 411 g/mol. The summed E-state index contributed by atoms with van der Waals surface area (Å²) >= 11 is 1.07. The Labute approximate surface area is 162 Å². The Morgan fingerprint density at radius 2 is 1.93 bits per heavy atom. The average Bonchev–Trinajstić information content (AvgIpc) is 3.06. The predicted octanol–water partition coefficient (Wildman–Crippen LogP) is 3.48. The number of carbonyl (C=O) groups is 1. The number of fused-ring (bicyclic) bond motifs is 1. The lowest BCUT2D eigenvalue weighted by atomic mass is 10.1. The normalized spacial score (nSPS) is 12.9. The molecule has 1 N–H and O–H groups in total. The summed E-state index contributed by atoms with van der Waals surface area (Å²) in [4.78, 5) is 11.2. The fourth-order valence-electron chi connectivity index (χ4n) is 2.33. The van der Waals surface area contributed by atoms with Gasteiger partial charge < -0.3 is 9.84 Å². The van der Waals surface area contributed by atoms with Crippen molar-refractivity contribution in [3.63, 3.8) is 0 Å². The first-order valence-corrected chi connectivity index (χ1v) is 9.19. The van der Waals surface area contributed by atoms with Gasteiger partial charge in [0.2, 0.25) is 0 Å². The number of Topliss-reactive ketones (excluding diaryl/α,β-unsaturated/α-hetero) is 1. The van der Waals surface area contributed by atoms with Crippen molar-refractivity contribution in [3.8, 4) is 5.75 Å². The van der Waals surface area contributed by atoms with Crippen LogP contribution < -0.4 is 4.74 Å². The first-order chi connectivity index (χ1) is 13.2. The number of alkyl halides is 3. The van der Waals surface area contributed by atoms with Crippen LogP contribution in [0.25, 0.3) is 5.65 Å². The third-order valence-corrected chi connectivity index (χ3v) is 4.89. The number of ketones is 1. The molecule has 0 fully saturated rings. The number of nitrogens with zero attached hydrogens (tertiary/aromatic N) is 3. The third-order valence-electron chi connectivity index (χ3n) is 3.81. The number of hydrogen-bond acceptors (Lipinski definition) is 6. The number of aromatic nitrogens is 3. The Kier molecular flexibility index (Phi) is 5.90. The van der Waals surface area contributed by atoms with E-state index in [9.17, 15) is 23.1 Å². The molecule has 0 bridgehead atoms. The summed E-state index contributed by atoms with van der Waals surface area (Å²) in [5, 5.41) is 18.0. The second kappa shape index (κ2) is 8.19. The first kappa shape index (κ1) is 20.2. The van der Waals surface area contributed by atoms with E-state index in [1.807, 2.05) is 0 Å². The zero-order valence-electron chi connectivity index (χ0n) is 14.7. The quantitative estimate of drug-likeness (QED) is 0.474. The van der Waals surface area contributed by atoms with Gasteiger partial charge in [0.05, 0.1) is 11.7 Å². The van der Waals surface area contributed by atoms with Gasteiger partial charge in [-0.1, -0.05) is 11.8 Å². The van der Waals surface area contributed by atoms with E-state index in [1.165, 1.54) is 17.4 Å². The van der Waals surface area contributed by atoms with Gasteiger partial charge >= 0.3 is 6.18 Å². The van der Waals surface area contributed by atoms with Crippen LogP contribution in [0.1, 0.15) is 22.8 Å². The van der Waals surface area contributed by atoms with E-state index in [4.69, 9.17) is 4.74 Å². The van der Waals surface area contributed by atoms with Gasteiger partial charge in [-0.25, -0.2) is 0 Å². The molecule has 10 heteroatoms. The highest BCUT2D eigenvalue weighted by atomic mass is 32.2. The molecule has 0 radical (unpaired) electrons. The summed E-state index contributed by atoms with van der Waals surface area (Å²) in [5.41, 5.74) is 0.0340. The number of hydrogen-bond donors (Lipinski definition) is 1. The standard InChI is InChI=1S/C18H16F3N3O3S/c1-11(25)12-2-5-15(6-3-12)27-9-14(26)10-28-17-23-22-16-7-4-13(8-24(16)17)18(19,20)21/h2-8,14,26H,9-10H2,1H3. The van der Waals surface area contributed by atoms with E-state index in [1.54, 1.807) is 24.3 Å². The Morgan fingerprint density at radius 1 is 1.21 bits per heavy atom. The molecule has 0 aliphatic carbocycles. The summed E-state index contributed by atoms with van der Waals surface area (Å²) in [6, 6.07) is 8.68. The highest BCUT2D eigenvalue weighted by Gasteiger charge is 2.31. The monoisotopic (exact) mass is 411 g/mol. The molecule has 28 heavy (non-hydrogen) atoms. The number of ether oxygens (including phenoxy) is 1. The number of pyridine rings is 1. The van der Waals surface area contributed by atoms with Crippen molar-refractivity contribution in [2.24, 2.45) is 0 Å². The zero-order valence-corrected chi connectivity index (χ0v) is 15.5. The molecule has 3 aromatic rings. The lowest BCUT2D eigenvalue weighted by Crippen LogP contribution is -2.20. The summed E-state index contributed by atoms with van der Waals surface area (Å²) in [5.74, 6) is 0.594. The molecule has 2 heterocycles. The minimum atomic E-state index is -4.47. The van der Waals surface area contributed by atoms with Gasteiger partial charge in [0.25, 0.3) is 0 Å². The molecule has 0 saturated heterocycles. The van der Waals surface area contributed by atoms with Crippen LogP contribution in [0.2, 0.25) is 0 Å². The Morgan fingerprint density at radius 3 is 2.57 bits per heavy atom. The van der Waals surface area contributed by atoms with E-state index >= 15 is 0 Å². The van der Waals surface area contributed by atoms with Gasteiger partial charge in [-0.3, -0.25) is 9.20 Å². The topological polar surface area (TPSA) is 76.7 Å². The molecule has 2 aromatic heterocycles. The van der Waals surface area contributed by atoms with Crippen LogP contribution in [0, 0.1) is 0 Å². The highest BCUT2D eigenvalue weighted by Crippen LogP contribution is 2.30. The van der Waals surface area contributed by atoms with Gasteiger partial charge in [-0.05, 0) is 43.3 Å². The molecule has 0 spiro atoms. The van der Waals surface area contributed by atoms with Crippen molar-refractivity contribution in [2.75, 3.05) is 12.4 Å². The van der Waals surface area contributed by atoms with E-state index < -0.39 is 17.8 Å². The smallest absolute Gasteiger partial charge is 0.417 e. The molecule has 0 aliphatic rings. The summed E-state index contributed by atoms with van der Waals surface area (Å²) < 4.78 is 45.3. The molecule has 0 aliphatic heterocycles. The Hall–Kier alpha value is -2.59. The molecule has 0 amide bonds. The number of thioether (sulfide) groups is 1. The van der Waals surface area contributed by atoms with E-state index in [0.717, 1.165) is 24.0 Å². The van der Waals surface area contributed by atoms with Gasteiger partial charge in [0.15, 0.2) is 16.6 Å². The maximum atomic E-state index is 12.9. The lowest BCUT2D eigenvalue weighted by molar-refractivity contribution is -0.137. The third kappa shape index (κ3) is 4.82.